The topological polar surface area (TPSA) is 21.3 Å². The van der Waals surface area contributed by atoms with Crippen molar-refractivity contribution in [3.63, 3.8) is 0 Å². The number of likely N-dealkylation sites (N-methyl/N-ethyl adjacent to an activating group) is 1. The average Bonchev–Trinajstić information content (AvgIpc) is 2.14. The van der Waals surface area contributed by atoms with Gasteiger partial charge in [-0.3, -0.25) is 0 Å². The van der Waals surface area contributed by atoms with Gasteiger partial charge < -0.3 is 10.1 Å². The summed E-state index contributed by atoms with van der Waals surface area (Å²) in [5.74, 6) is 1.00. The van der Waals surface area contributed by atoms with Gasteiger partial charge in [0.15, 0.2) is 0 Å². The number of ether oxygens (including phenoxy) is 1. The zero-order chi connectivity index (χ0) is 11.3. The van der Waals surface area contributed by atoms with Gasteiger partial charge in [-0.25, -0.2) is 0 Å². The average molecular weight is 207 g/mol. The minimum Gasteiger partial charge on any atom is -0.488 e. The molecular weight excluding hydrogens is 186 g/mol. The van der Waals surface area contributed by atoms with Crippen LogP contribution >= 0.6 is 0 Å². The molecule has 0 unspecified atom stereocenters. The molecule has 84 valence electrons. The fraction of sp³-hybridized carbons (Fsp3) is 0.538. The highest BCUT2D eigenvalue weighted by molar-refractivity contribution is 5.34. The van der Waals surface area contributed by atoms with Crippen molar-refractivity contribution in [3.8, 4) is 5.75 Å². The number of hydrogen-bond donors (Lipinski definition) is 1. The Hall–Kier alpha value is -1.02. The second kappa shape index (κ2) is 5.17. The van der Waals surface area contributed by atoms with E-state index in [0.29, 0.717) is 0 Å². The van der Waals surface area contributed by atoms with Crippen molar-refractivity contribution in [2.75, 3.05) is 13.6 Å². The molecule has 0 atom stereocenters. The third-order valence-corrected chi connectivity index (χ3v) is 2.03. The molecule has 0 aliphatic carbocycles. The van der Waals surface area contributed by atoms with Crippen molar-refractivity contribution in [1.82, 2.24) is 5.32 Å². The van der Waals surface area contributed by atoms with Gasteiger partial charge in [-0.2, -0.15) is 0 Å². The van der Waals surface area contributed by atoms with Crippen LogP contribution < -0.4 is 10.1 Å². The molecule has 1 aromatic carbocycles. The summed E-state index contributed by atoms with van der Waals surface area (Å²) in [4.78, 5) is 0. The van der Waals surface area contributed by atoms with Crippen LogP contribution in [-0.2, 0) is 6.42 Å². The molecule has 0 fully saturated rings. The quantitative estimate of drug-likeness (QED) is 0.819. The summed E-state index contributed by atoms with van der Waals surface area (Å²) in [7, 11) is 1.97. The number of benzene rings is 1. The first kappa shape index (κ1) is 12.1. The zero-order valence-corrected chi connectivity index (χ0v) is 10.1. The van der Waals surface area contributed by atoms with Crippen LogP contribution in [0, 0.1) is 0 Å². The van der Waals surface area contributed by atoms with Gasteiger partial charge in [-0.05, 0) is 52.4 Å². The maximum atomic E-state index is 5.90. The summed E-state index contributed by atoms with van der Waals surface area (Å²) in [5.41, 5.74) is 1.14. The summed E-state index contributed by atoms with van der Waals surface area (Å²) in [6, 6.07) is 8.24. The van der Waals surface area contributed by atoms with Crippen molar-refractivity contribution in [1.29, 1.82) is 0 Å². The SMILES string of the molecule is CNCCc1ccccc1OC(C)(C)C. The summed E-state index contributed by atoms with van der Waals surface area (Å²) >= 11 is 0. The van der Waals surface area contributed by atoms with Gasteiger partial charge in [0.2, 0.25) is 0 Å². The summed E-state index contributed by atoms with van der Waals surface area (Å²) in [6.07, 6.45) is 1.00. The first-order valence-electron chi connectivity index (χ1n) is 5.44. The Balaban J connectivity index is 2.77. The first-order valence-corrected chi connectivity index (χ1v) is 5.44. The van der Waals surface area contributed by atoms with Gasteiger partial charge in [0.1, 0.15) is 11.4 Å². The van der Waals surface area contributed by atoms with Gasteiger partial charge in [0.05, 0.1) is 0 Å². The van der Waals surface area contributed by atoms with E-state index in [1.165, 1.54) is 5.56 Å². The van der Waals surface area contributed by atoms with Crippen LogP contribution in [0.2, 0.25) is 0 Å². The van der Waals surface area contributed by atoms with Crippen LogP contribution in [-0.4, -0.2) is 19.2 Å². The summed E-state index contributed by atoms with van der Waals surface area (Å²) in [5, 5.41) is 3.15. The van der Waals surface area contributed by atoms with Crippen molar-refractivity contribution >= 4 is 0 Å². The van der Waals surface area contributed by atoms with Crippen LogP contribution in [0.4, 0.5) is 0 Å². The molecule has 0 radical (unpaired) electrons. The lowest BCUT2D eigenvalue weighted by Gasteiger charge is -2.23. The van der Waals surface area contributed by atoms with Crippen molar-refractivity contribution in [2.24, 2.45) is 0 Å². The lowest BCUT2D eigenvalue weighted by Crippen LogP contribution is -2.24. The van der Waals surface area contributed by atoms with Gasteiger partial charge >= 0.3 is 0 Å². The third-order valence-electron chi connectivity index (χ3n) is 2.03. The highest BCUT2D eigenvalue weighted by atomic mass is 16.5. The number of hydrogen-bond acceptors (Lipinski definition) is 2. The van der Waals surface area contributed by atoms with E-state index < -0.39 is 0 Å². The fourth-order valence-electron chi connectivity index (χ4n) is 1.40. The number of nitrogens with one attached hydrogen (secondary N) is 1. The molecule has 0 aliphatic heterocycles. The van der Waals surface area contributed by atoms with Gasteiger partial charge in [0.25, 0.3) is 0 Å². The molecule has 15 heavy (non-hydrogen) atoms. The lowest BCUT2D eigenvalue weighted by atomic mass is 10.1. The Labute approximate surface area is 92.6 Å². The van der Waals surface area contributed by atoms with Crippen LogP contribution in [0.15, 0.2) is 24.3 Å². The third kappa shape index (κ3) is 4.34. The first-order chi connectivity index (χ1) is 7.03. The molecule has 0 heterocycles. The number of para-hydroxylation sites is 1. The molecule has 1 rings (SSSR count). The van der Waals surface area contributed by atoms with E-state index in [4.69, 9.17) is 4.74 Å². The van der Waals surface area contributed by atoms with Crippen molar-refractivity contribution < 1.29 is 4.74 Å². The molecule has 0 aromatic heterocycles. The van der Waals surface area contributed by atoms with Crippen LogP contribution in [0.25, 0.3) is 0 Å². The standard InChI is InChI=1S/C13H21NO/c1-13(2,3)15-12-8-6-5-7-11(12)9-10-14-4/h5-8,14H,9-10H2,1-4H3. The monoisotopic (exact) mass is 207 g/mol. The second-order valence-corrected chi connectivity index (χ2v) is 4.68. The summed E-state index contributed by atoms with van der Waals surface area (Å²) < 4.78 is 5.90. The van der Waals surface area contributed by atoms with Crippen molar-refractivity contribution in [2.45, 2.75) is 32.8 Å². The zero-order valence-electron chi connectivity index (χ0n) is 10.1. The molecule has 0 amide bonds. The van der Waals surface area contributed by atoms with Gasteiger partial charge in [-0.15, -0.1) is 0 Å². The maximum Gasteiger partial charge on any atom is 0.123 e. The maximum absolute atomic E-state index is 5.90. The molecular formula is C13H21NO. The molecule has 0 bridgehead atoms. The molecule has 1 N–H and O–H groups in total. The Bertz CT molecular complexity index is 302. The lowest BCUT2D eigenvalue weighted by molar-refractivity contribution is 0.129. The molecule has 0 saturated carbocycles. The predicted octanol–water partition coefficient (Wildman–Crippen LogP) is 2.63. The summed E-state index contributed by atoms with van der Waals surface area (Å²) in [6.45, 7) is 7.19. The van der Waals surface area contributed by atoms with Crippen molar-refractivity contribution in [3.05, 3.63) is 29.8 Å². The minimum atomic E-state index is -0.129. The van der Waals surface area contributed by atoms with E-state index in [1.807, 2.05) is 19.2 Å². The molecule has 1 aromatic rings. The molecule has 2 heteroatoms. The Morgan fingerprint density at radius 3 is 2.47 bits per heavy atom. The van der Waals surface area contributed by atoms with E-state index in [0.717, 1.165) is 18.7 Å². The van der Waals surface area contributed by atoms with Crippen LogP contribution in [0.1, 0.15) is 26.3 Å². The predicted molar refractivity (Wildman–Crippen MR) is 64.5 cm³/mol. The molecule has 0 spiro atoms. The Morgan fingerprint density at radius 1 is 1.20 bits per heavy atom. The second-order valence-electron chi connectivity index (χ2n) is 4.68. The Kier molecular flexibility index (Phi) is 4.15. The molecule has 0 aliphatic rings. The van der Waals surface area contributed by atoms with E-state index in [9.17, 15) is 0 Å². The van der Waals surface area contributed by atoms with E-state index >= 15 is 0 Å². The highest BCUT2D eigenvalue weighted by Crippen LogP contribution is 2.23. The molecule has 0 saturated heterocycles. The van der Waals surface area contributed by atoms with E-state index in [1.54, 1.807) is 0 Å². The normalized spacial score (nSPS) is 11.5. The number of rotatable bonds is 4. The minimum absolute atomic E-state index is 0.129. The van der Waals surface area contributed by atoms with Crippen LogP contribution in [0.3, 0.4) is 0 Å². The fourth-order valence-corrected chi connectivity index (χ4v) is 1.40. The van der Waals surface area contributed by atoms with E-state index in [2.05, 4.69) is 38.2 Å². The smallest absolute Gasteiger partial charge is 0.123 e. The highest BCUT2D eigenvalue weighted by Gasteiger charge is 2.13. The Morgan fingerprint density at radius 2 is 1.87 bits per heavy atom. The molecule has 2 nitrogen and oxygen atoms in total. The van der Waals surface area contributed by atoms with Gasteiger partial charge in [0, 0.05) is 0 Å². The largest absolute Gasteiger partial charge is 0.488 e. The van der Waals surface area contributed by atoms with Crippen LogP contribution in [0.5, 0.6) is 5.75 Å². The van der Waals surface area contributed by atoms with Gasteiger partial charge in [-0.1, -0.05) is 18.2 Å². The van der Waals surface area contributed by atoms with E-state index in [-0.39, 0.29) is 5.60 Å².